The van der Waals surface area contributed by atoms with Crippen LogP contribution in [0.5, 0.6) is 0 Å². The number of rotatable bonds is 4. The fraction of sp³-hybridized carbons (Fsp3) is 0.909. The van der Waals surface area contributed by atoms with Gasteiger partial charge in [-0.25, -0.2) is 4.79 Å². The third-order valence-corrected chi connectivity index (χ3v) is 2.49. The van der Waals surface area contributed by atoms with Gasteiger partial charge in [0, 0.05) is 27.2 Å². The number of nitrogens with zero attached hydrogens (tertiary/aromatic N) is 2. The summed E-state index contributed by atoms with van der Waals surface area (Å²) in [7, 11) is 3.62. The Hall–Kier alpha value is -0.810. The average molecular weight is 232 g/mol. The van der Waals surface area contributed by atoms with Crippen LogP contribution in [0.4, 0.5) is 4.79 Å². The Balaban J connectivity index is 0.000000281. The van der Waals surface area contributed by atoms with Gasteiger partial charge >= 0.3 is 6.03 Å². The Labute approximate surface area is 97.7 Å². The maximum atomic E-state index is 10.8. The van der Waals surface area contributed by atoms with E-state index in [-0.39, 0.29) is 6.03 Å². The zero-order valence-corrected chi connectivity index (χ0v) is 10.5. The second kappa shape index (κ2) is 8.35. The maximum Gasteiger partial charge on any atom is 0.319 e. The number of likely N-dealkylation sites (N-methyl/N-ethyl adjacent to an activating group) is 2. The molecule has 2 N–H and O–H groups in total. The first-order valence-electron chi connectivity index (χ1n) is 5.81. The van der Waals surface area contributed by atoms with Gasteiger partial charge in [0.1, 0.15) is 0 Å². The molecule has 0 saturated carbocycles. The Bertz CT molecular complexity index is 186. The van der Waals surface area contributed by atoms with E-state index in [0.29, 0.717) is 6.42 Å². The second-order valence-corrected chi connectivity index (χ2v) is 4.10. The molecule has 0 radical (unpaired) electrons. The molecule has 0 unspecified atom stereocenters. The van der Waals surface area contributed by atoms with Crippen LogP contribution in [0.25, 0.3) is 0 Å². The molecule has 1 fully saturated rings. The fourth-order valence-electron chi connectivity index (χ4n) is 1.36. The van der Waals surface area contributed by atoms with E-state index in [2.05, 4.69) is 6.92 Å². The molecule has 1 aliphatic heterocycles. The first-order chi connectivity index (χ1) is 7.49. The predicted molar refractivity (Wildman–Crippen MR) is 63.0 cm³/mol. The topological polar surface area (TPSA) is 64.0 Å². The van der Waals surface area contributed by atoms with Crippen LogP contribution >= 0.6 is 0 Å². The molecular formula is C11H24N2O3. The largest absolute Gasteiger partial charge is 0.368 e. The lowest BCUT2D eigenvalue weighted by atomic mass is 10.2. The molecule has 5 nitrogen and oxygen atoms in total. The van der Waals surface area contributed by atoms with Gasteiger partial charge in [0.15, 0.2) is 6.29 Å². The highest BCUT2D eigenvalue weighted by Crippen LogP contribution is 2.01. The van der Waals surface area contributed by atoms with Crippen molar-refractivity contribution in [3.63, 3.8) is 0 Å². The Morgan fingerprint density at radius 2 is 1.69 bits per heavy atom. The standard InChI is InChI=1S/C6H14O2.C5H10N2O/c1-2-3-4-5-6(7)8;1-6-3-4-7(2)5(6)8/h6-8H,2-5H2,1H3;3-4H2,1-2H3. The molecule has 0 aromatic carbocycles. The summed E-state index contributed by atoms with van der Waals surface area (Å²) in [6.45, 7) is 3.83. The highest BCUT2D eigenvalue weighted by molar-refractivity contribution is 5.75. The van der Waals surface area contributed by atoms with E-state index in [1.165, 1.54) is 0 Å². The van der Waals surface area contributed by atoms with Crippen LogP contribution < -0.4 is 0 Å². The fourth-order valence-corrected chi connectivity index (χ4v) is 1.36. The summed E-state index contributed by atoms with van der Waals surface area (Å²) in [5, 5.41) is 16.7. The first-order valence-corrected chi connectivity index (χ1v) is 5.81. The summed E-state index contributed by atoms with van der Waals surface area (Å²) >= 11 is 0. The van der Waals surface area contributed by atoms with E-state index in [1.54, 1.807) is 9.80 Å². The summed E-state index contributed by atoms with van der Waals surface area (Å²) < 4.78 is 0. The molecule has 96 valence electrons. The van der Waals surface area contributed by atoms with Crippen LogP contribution in [-0.2, 0) is 0 Å². The highest BCUT2D eigenvalue weighted by Gasteiger charge is 2.20. The summed E-state index contributed by atoms with van der Waals surface area (Å²) in [6, 6.07) is 0.130. The van der Waals surface area contributed by atoms with Gasteiger partial charge in [-0.05, 0) is 12.8 Å². The van der Waals surface area contributed by atoms with Gasteiger partial charge in [0.25, 0.3) is 0 Å². The molecule has 16 heavy (non-hydrogen) atoms. The molecule has 0 atom stereocenters. The Morgan fingerprint density at radius 1 is 1.19 bits per heavy atom. The van der Waals surface area contributed by atoms with Crippen molar-refractivity contribution in [2.24, 2.45) is 0 Å². The number of unbranched alkanes of at least 4 members (excludes halogenated alkanes) is 2. The smallest absolute Gasteiger partial charge is 0.319 e. The van der Waals surface area contributed by atoms with Gasteiger partial charge in [-0.3, -0.25) is 0 Å². The van der Waals surface area contributed by atoms with E-state index in [0.717, 1.165) is 32.4 Å². The molecule has 1 aliphatic rings. The van der Waals surface area contributed by atoms with E-state index < -0.39 is 6.29 Å². The lowest BCUT2D eigenvalue weighted by Crippen LogP contribution is -2.25. The second-order valence-electron chi connectivity index (χ2n) is 4.10. The normalized spacial score (nSPS) is 15.5. The average Bonchev–Trinajstić information content (AvgIpc) is 2.51. The number of amides is 2. The van der Waals surface area contributed by atoms with Gasteiger partial charge < -0.3 is 20.0 Å². The molecule has 5 heteroatoms. The molecule has 1 rings (SSSR count). The molecule has 0 bridgehead atoms. The van der Waals surface area contributed by atoms with Crippen molar-refractivity contribution in [3.05, 3.63) is 0 Å². The van der Waals surface area contributed by atoms with Gasteiger partial charge in [0.2, 0.25) is 0 Å². The summed E-state index contributed by atoms with van der Waals surface area (Å²) in [5.41, 5.74) is 0. The molecule has 0 aromatic rings. The number of aliphatic hydroxyl groups excluding tert-OH is 1. The van der Waals surface area contributed by atoms with E-state index >= 15 is 0 Å². The molecule has 1 heterocycles. The van der Waals surface area contributed by atoms with Gasteiger partial charge in [-0.15, -0.1) is 0 Å². The van der Waals surface area contributed by atoms with Crippen LogP contribution in [0.2, 0.25) is 0 Å². The van der Waals surface area contributed by atoms with Crippen molar-refractivity contribution < 1.29 is 15.0 Å². The zero-order valence-electron chi connectivity index (χ0n) is 10.5. The van der Waals surface area contributed by atoms with E-state index in [1.807, 2.05) is 14.1 Å². The Morgan fingerprint density at radius 3 is 1.94 bits per heavy atom. The van der Waals surface area contributed by atoms with Crippen LogP contribution in [0.3, 0.4) is 0 Å². The van der Waals surface area contributed by atoms with Gasteiger partial charge in [0.05, 0.1) is 0 Å². The van der Waals surface area contributed by atoms with Crippen LogP contribution in [-0.4, -0.2) is 59.5 Å². The number of aliphatic hydroxyl groups is 2. The SMILES string of the molecule is CCCCCC(O)O.CN1CCN(C)C1=O. The van der Waals surface area contributed by atoms with Gasteiger partial charge in [-0.1, -0.05) is 19.8 Å². The first kappa shape index (κ1) is 15.2. The number of hydrogen-bond donors (Lipinski definition) is 2. The Kier molecular flexibility index (Phi) is 7.93. The maximum absolute atomic E-state index is 10.8. The molecule has 0 aliphatic carbocycles. The van der Waals surface area contributed by atoms with Crippen molar-refractivity contribution in [1.29, 1.82) is 0 Å². The molecule has 0 spiro atoms. The quantitative estimate of drug-likeness (QED) is 0.558. The number of urea groups is 1. The van der Waals surface area contributed by atoms with Crippen molar-refractivity contribution in [2.45, 2.75) is 38.9 Å². The summed E-state index contributed by atoms with van der Waals surface area (Å²) in [6.07, 6.45) is 2.58. The number of hydrogen-bond acceptors (Lipinski definition) is 3. The van der Waals surface area contributed by atoms with Crippen molar-refractivity contribution >= 4 is 6.03 Å². The van der Waals surface area contributed by atoms with Gasteiger partial charge in [-0.2, -0.15) is 0 Å². The third kappa shape index (κ3) is 6.63. The van der Waals surface area contributed by atoms with Crippen molar-refractivity contribution in [1.82, 2.24) is 9.80 Å². The molecule has 0 aromatic heterocycles. The molecular weight excluding hydrogens is 208 g/mol. The minimum absolute atomic E-state index is 0.130. The summed E-state index contributed by atoms with van der Waals surface area (Å²) in [5.74, 6) is 0. The molecule has 1 saturated heterocycles. The minimum atomic E-state index is -1.10. The summed E-state index contributed by atoms with van der Waals surface area (Å²) in [4.78, 5) is 14.2. The van der Waals surface area contributed by atoms with Crippen molar-refractivity contribution in [3.8, 4) is 0 Å². The predicted octanol–water partition coefficient (Wildman–Crippen LogP) is 0.861. The third-order valence-electron chi connectivity index (χ3n) is 2.49. The number of carbonyl (C=O) groups excluding carboxylic acids is 1. The van der Waals surface area contributed by atoms with Crippen LogP contribution in [0.1, 0.15) is 32.6 Å². The lowest BCUT2D eigenvalue weighted by Gasteiger charge is -2.07. The lowest BCUT2D eigenvalue weighted by molar-refractivity contribution is -0.0465. The van der Waals surface area contributed by atoms with E-state index in [4.69, 9.17) is 10.2 Å². The van der Waals surface area contributed by atoms with Crippen molar-refractivity contribution in [2.75, 3.05) is 27.2 Å². The minimum Gasteiger partial charge on any atom is -0.368 e. The molecule has 2 amide bonds. The monoisotopic (exact) mass is 232 g/mol. The highest BCUT2D eigenvalue weighted by atomic mass is 16.5. The van der Waals surface area contributed by atoms with Crippen LogP contribution in [0.15, 0.2) is 0 Å². The number of carbonyl (C=O) groups is 1. The van der Waals surface area contributed by atoms with Crippen LogP contribution in [0, 0.1) is 0 Å². The zero-order chi connectivity index (χ0) is 12.6. The van der Waals surface area contributed by atoms with E-state index in [9.17, 15) is 4.79 Å².